The fourth-order valence-electron chi connectivity index (χ4n) is 2.23. The Morgan fingerprint density at radius 1 is 1.25 bits per heavy atom. The van der Waals surface area contributed by atoms with E-state index in [1.54, 1.807) is 23.2 Å². The molecule has 0 aliphatic rings. The maximum absolute atomic E-state index is 12.4. The lowest BCUT2D eigenvalue weighted by Gasteiger charge is -2.30. The molecular weight excluding hydrogens is 353 g/mol. The third kappa shape index (κ3) is 5.19. The summed E-state index contributed by atoms with van der Waals surface area (Å²) in [6.07, 6.45) is 3.01. The van der Waals surface area contributed by atoms with Crippen LogP contribution in [0.15, 0.2) is 12.7 Å². The van der Waals surface area contributed by atoms with Crippen LogP contribution < -0.4 is 10.6 Å². The number of carbonyl (C=O) groups is 1. The van der Waals surface area contributed by atoms with Crippen molar-refractivity contribution in [2.45, 2.75) is 13.8 Å². The number of aromatic nitrogens is 4. The molecule has 2 rings (SSSR count). The fraction of sp³-hybridized carbons (Fsp3) is 0.571. The van der Waals surface area contributed by atoms with E-state index in [9.17, 15) is 4.79 Å². The second-order valence-electron chi connectivity index (χ2n) is 6.27. The van der Waals surface area contributed by atoms with Crippen LogP contribution in [0, 0.1) is 5.41 Å². The first-order valence-corrected chi connectivity index (χ1v) is 7.13. The van der Waals surface area contributed by atoms with E-state index in [-0.39, 0.29) is 42.7 Å². The minimum atomic E-state index is -0.103. The molecule has 8 nitrogen and oxygen atoms in total. The van der Waals surface area contributed by atoms with Crippen LogP contribution in [0.2, 0.25) is 0 Å². The van der Waals surface area contributed by atoms with E-state index >= 15 is 0 Å². The van der Waals surface area contributed by atoms with Crippen LogP contribution in [0.3, 0.4) is 0 Å². The normalized spacial score (nSPS) is 10.7. The molecule has 10 heteroatoms. The number of hydrogen-bond acceptors (Lipinski definition) is 6. The molecule has 0 aliphatic heterocycles. The summed E-state index contributed by atoms with van der Waals surface area (Å²) < 4.78 is 0. The lowest BCUT2D eigenvalue weighted by molar-refractivity contribution is -0.129. The molecule has 0 aromatic carbocycles. The van der Waals surface area contributed by atoms with E-state index in [0.29, 0.717) is 24.6 Å². The number of rotatable bonds is 6. The number of imidazole rings is 1. The van der Waals surface area contributed by atoms with Gasteiger partial charge in [0.1, 0.15) is 11.8 Å². The number of nitrogens with zero attached hydrogens (tertiary/aromatic N) is 5. The lowest BCUT2D eigenvalue weighted by atomic mass is 9.93. The molecular formula is C14H25Cl2N7O. The predicted octanol–water partition coefficient (Wildman–Crippen LogP) is 1.08. The molecule has 0 saturated heterocycles. The topological polar surface area (TPSA) is 104 Å². The highest BCUT2D eigenvalue weighted by molar-refractivity contribution is 5.87. The van der Waals surface area contributed by atoms with Gasteiger partial charge in [-0.25, -0.2) is 15.0 Å². The Hall–Kier alpha value is -1.64. The largest absolute Gasteiger partial charge is 0.348 e. The zero-order chi connectivity index (χ0) is 16.3. The van der Waals surface area contributed by atoms with E-state index in [1.165, 1.54) is 6.33 Å². The van der Waals surface area contributed by atoms with Gasteiger partial charge in [0.05, 0.1) is 12.9 Å². The monoisotopic (exact) mass is 377 g/mol. The quantitative estimate of drug-likeness (QED) is 0.780. The summed E-state index contributed by atoms with van der Waals surface area (Å²) >= 11 is 0. The number of nitrogens with two attached hydrogens (primary N) is 1. The van der Waals surface area contributed by atoms with Gasteiger partial charge in [0.2, 0.25) is 5.91 Å². The Bertz CT molecular complexity index is 661. The van der Waals surface area contributed by atoms with Gasteiger partial charge in [-0.1, -0.05) is 13.8 Å². The van der Waals surface area contributed by atoms with Crippen molar-refractivity contribution >= 4 is 47.7 Å². The number of halogens is 2. The van der Waals surface area contributed by atoms with Crippen molar-refractivity contribution in [2.24, 2.45) is 11.1 Å². The van der Waals surface area contributed by atoms with Crippen molar-refractivity contribution in [1.82, 2.24) is 24.8 Å². The van der Waals surface area contributed by atoms with Gasteiger partial charge in [-0.05, 0) is 12.0 Å². The Morgan fingerprint density at radius 2 is 1.92 bits per heavy atom. The van der Waals surface area contributed by atoms with Gasteiger partial charge in [-0.15, -0.1) is 24.8 Å². The smallest absolute Gasteiger partial charge is 0.241 e. The average Bonchev–Trinajstić information content (AvgIpc) is 2.94. The lowest BCUT2D eigenvalue weighted by Crippen LogP contribution is -2.43. The standard InChI is InChI=1S/C14H23N7O.2ClH/c1-14(2,6-15)7-21(4)10(22)5-20(3)13-11-12(17-8-16-11)18-9-19-13;;/h8-9H,5-7,15H2,1-4H3,(H,16,17,18,19);2*1H. The highest BCUT2D eigenvalue weighted by atomic mass is 35.5. The van der Waals surface area contributed by atoms with Crippen molar-refractivity contribution in [3.63, 3.8) is 0 Å². The number of carbonyl (C=O) groups excluding carboxylic acids is 1. The Labute approximate surface area is 154 Å². The van der Waals surface area contributed by atoms with E-state index in [4.69, 9.17) is 5.73 Å². The third-order valence-electron chi connectivity index (χ3n) is 3.58. The number of amides is 1. The summed E-state index contributed by atoms with van der Waals surface area (Å²) in [6.45, 7) is 5.45. The van der Waals surface area contributed by atoms with E-state index in [2.05, 4.69) is 19.9 Å². The van der Waals surface area contributed by atoms with Gasteiger partial charge in [0.15, 0.2) is 11.5 Å². The molecule has 24 heavy (non-hydrogen) atoms. The number of nitrogens with one attached hydrogen (secondary N) is 1. The second-order valence-corrected chi connectivity index (χ2v) is 6.27. The summed E-state index contributed by atoms with van der Waals surface area (Å²) in [5, 5.41) is 0. The minimum absolute atomic E-state index is 0. The highest BCUT2D eigenvalue weighted by Crippen LogP contribution is 2.18. The zero-order valence-electron chi connectivity index (χ0n) is 14.3. The molecule has 136 valence electrons. The number of anilines is 1. The maximum atomic E-state index is 12.4. The number of hydrogen-bond donors (Lipinski definition) is 2. The third-order valence-corrected chi connectivity index (χ3v) is 3.58. The number of fused-ring (bicyclic) bond motifs is 1. The summed E-state index contributed by atoms with van der Waals surface area (Å²) in [5.74, 6) is 0.664. The summed E-state index contributed by atoms with van der Waals surface area (Å²) in [5.41, 5.74) is 6.93. The molecule has 2 aromatic heterocycles. The van der Waals surface area contributed by atoms with Crippen molar-refractivity contribution in [3.8, 4) is 0 Å². The van der Waals surface area contributed by atoms with Gasteiger partial charge >= 0.3 is 0 Å². The van der Waals surface area contributed by atoms with E-state index < -0.39 is 0 Å². The van der Waals surface area contributed by atoms with Gasteiger partial charge in [0.25, 0.3) is 0 Å². The maximum Gasteiger partial charge on any atom is 0.241 e. The first kappa shape index (κ1) is 22.4. The Morgan fingerprint density at radius 3 is 2.54 bits per heavy atom. The van der Waals surface area contributed by atoms with Crippen LogP contribution in [0.1, 0.15) is 13.8 Å². The molecule has 0 bridgehead atoms. The predicted molar refractivity (Wildman–Crippen MR) is 99.9 cm³/mol. The van der Waals surface area contributed by atoms with Gasteiger partial charge in [-0.2, -0.15) is 0 Å². The molecule has 1 amide bonds. The SMILES string of the molecule is CN(CC(C)(C)CN)C(=O)CN(C)c1ncnc2nc[nH]c12.Cl.Cl. The molecule has 0 unspecified atom stereocenters. The van der Waals surface area contributed by atoms with Crippen LogP contribution in [0.4, 0.5) is 5.82 Å². The van der Waals surface area contributed by atoms with Crippen molar-refractivity contribution in [3.05, 3.63) is 12.7 Å². The van der Waals surface area contributed by atoms with Crippen LogP contribution in [0.5, 0.6) is 0 Å². The van der Waals surface area contributed by atoms with Gasteiger partial charge in [-0.3, -0.25) is 4.79 Å². The molecule has 0 radical (unpaired) electrons. The van der Waals surface area contributed by atoms with Gasteiger partial charge in [0, 0.05) is 20.6 Å². The fourth-order valence-corrected chi connectivity index (χ4v) is 2.23. The van der Waals surface area contributed by atoms with Crippen LogP contribution in [0.25, 0.3) is 11.2 Å². The van der Waals surface area contributed by atoms with Crippen molar-refractivity contribution in [1.29, 1.82) is 0 Å². The molecule has 0 atom stereocenters. The van der Waals surface area contributed by atoms with Crippen molar-refractivity contribution < 1.29 is 4.79 Å². The van der Waals surface area contributed by atoms with Crippen LogP contribution >= 0.6 is 24.8 Å². The minimum Gasteiger partial charge on any atom is -0.348 e. The summed E-state index contributed by atoms with van der Waals surface area (Å²) in [4.78, 5) is 31.3. The second kappa shape index (κ2) is 9.00. The molecule has 0 spiro atoms. The molecule has 0 fully saturated rings. The highest BCUT2D eigenvalue weighted by Gasteiger charge is 2.22. The van der Waals surface area contributed by atoms with E-state index in [1.807, 2.05) is 20.9 Å². The number of likely N-dealkylation sites (N-methyl/N-ethyl adjacent to an activating group) is 2. The number of H-pyrrole nitrogens is 1. The van der Waals surface area contributed by atoms with Gasteiger partial charge < -0.3 is 20.5 Å². The summed E-state index contributed by atoms with van der Waals surface area (Å²) in [7, 11) is 3.61. The molecule has 0 aliphatic carbocycles. The average molecular weight is 378 g/mol. The van der Waals surface area contributed by atoms with Crippen LogP contribution in [-0.4, -0.2) is 64.5 Å². The van der Waals surface area contributed by atoms with E-state index in [0.717, 1.165) is 5.52 Å². The summed E-state index contributed by atoms with van der Waals surface area (Å²) in [6, 6.07) is 0. The zero-order valence-corrected chi connectivity index (χ0v) is 15.9. The first-order chi connectivity index (χ1) is 10.3. The molecule has 0 saturated carbocycles. The molecule has 2 aromatic rings. The first-order valence-electron chi connectivity index (χ1n) is 7.13. The van der Waals surface area contributed by atoms with Crippen molar-refractivity contribution in [2.75, 3.05) is 38.6 Å². The molecule has 2 heterocycles. The number of aromatic amines is 1. The Balaban J connectivity index is 0.00000264. The van der Waals surface area contributed by atoms with Crippen LogP contribution in [-0.2, 0) is 4.79 Å². The Kier molecular flexibility index (Phi) is 8.39. The molecule has 3 N–H and O–H groups in total.